The first-order chi connectivity index (χ1) is 14.1. The number of carbonyl (C=O) groups is 1. The number of anilines is 1. The van der Waals surface area contributed by atoms with Gasteiger partial charge in [0.05, 0.1) is 30.1 Å². The molecule has 8 nitrogen and oxygen atoms in total. The highest BCUT2D eigenvalue weighted by molar-refractivity contribution is 5.89. The highest BCUT2D eigenvalue weighted by Crippen LogP contribution is 2.23. The fourth-order valence-electron chi connectivity index (χ4n) is 3.49. The van der Waals surface area contributed by atoms with Crippen LogP contribution in [0.1, 0.15) is 38.3 Å². The lowest BCUT2D eigenvalue weighted by Gasteiger charge is -2.36. The normalized spacial score (nSPS) is 21.7. The predicted octanol–water partition coefficient (Wildman–Crippen LogP) is 2.49. The van der Waals surface area contributed by atoms with Crippen molar-refractivity contribution in [2.75, 3.05) is 11.9 Å². The van der Waals surface area contributed by atoms with Crippen LogP contribution in [0.2, 0.25) is 0 Å². The van der Waals surface area contributed by atoms with E-state index >= 15 is 0 Å². The van der Waals surface area contributed by atoms with Crippen LogP contribution in [-0.4, -0.2) is 51.0 Å². The van der Waals surface area contributed by atoms with Crippen molar-refractivity contribution in [3.63, 3.8) is 0 Å². The largest absolute Gasteiger partial charge is 0.394 e. The quantitative estimate of drug-likeness (QED) is 0.626. The third-order valence-electron chi connectivity index (χ3n) is 5.01. The summed E-state index contributed by atoms with van der Waals surface area (Å²) in [5.74, 6) is -0.503. The Labute approximate surface area is 169 Å². The van der Waals surface area contributed by atoms with Gasteiger partial charge in [-0.3, -0.25) is 4.68 Å². The first kappa shape index (κ1) is 21.2. The highest BCUT2D eigenvalue weighted by atomic mass is 19.1. The molecule has 1 saturated heterocycles. The maximum Gasteiger partial charge on any atom is 0.319 e. The lowest BCUT2D eigenvalue weighted by molar-refractivity contribution is -0.0905. The SMILES string of the molecule is CCCc1cn(CC[C@@H]2CC[C@@H](NC(=O)Nc3ccccc3F)[C@H](CO)O2)nn1. The van der Waals surface area contributed by atoms with Crippen LogP contribution in [0, 0.1) is 5.82 Å². The minimum Gasteiger partial charge on any atom is -0.394 e. The van der Waals surface area contributed by atoms with Crippen LogP contribution >= 0.6 is 0 Å². The van der Waals surface area contributed by atoms with Gasteiger partial charge in [0.15, 0.2) is 0 Å². The molecule has 0 unspecified atom stereocenters. The molecule has 1 aromatic carbocycles. The molecule has 2 aromatic rings. The van der Waals surface area contributed by atoms with Crippen molar-refractivity contribution in [2.45, 2.75) is 63.8 Å². The summed E-state index contributed by atoms with van der Waals surface area (Å²) in [7, 11) is 0. The second kappa shape index (κ2) is 10.3. The van der Waals surface area contributed by atoms with Crippen molar-refractivity contribution in [1.82, 2.24) is 20.3 Å². The van der Waals surface area contributed by atoms with E-state index in [0.717, 1.165) is 31.4 Å². The van der Waals surface area contributed by atoms with E-state index in [-0.39, 0.29) is 24.4 Å². The van der Waals surface area contributed by atoms with E-state index in [1.165, 1.54) is 12.1 Å². The number of urea groups is 1. The molecular formula is C20H28FN5O3. The van der Waals surface area contributed by atoms with Crippen LogP contribution < -0.4 is 10.6 Å². The van der Waals surface area contributed by atoms with E-state index in [9.17, 15) is 14.3 Å². The van der Waals surface area contributed by atoms with Crippen molar-refractivity contribution in [1.29, 1.82) is 0 Å². The zero-order chi connectivity index (χ0) is 20.6. The third kappa shape index (κ3) is 5.98. The third-order valence-corrected chi connectivity index (χ3v) is 5.01. The zero-order valence-electron chi connectivity index (χ0n) is 16.6. The number of aryl methyl sites for hydroxylation is 2. The Kier molecular flexibility index (Phi) is 7.54. The Bertz CT molecular complexity index is 800. The molecule has 0 saturated carbocycles. The van der Waals surface area contributed by atoms with Crippen LogP contribution in [0.15, 0.2) is 30.5 Å². The van der Waals surface area contributed by atoms with E-state index in [1.807, 2.05) is 10.9 Å². The predicted molar refractivity (Wildman–Crippen MR) is 106 cm³/mol. The minimum atomic E-state index is -0.522. The number of hydrogen-bond donors (Lipinski definition) is 3. The van der Waals surface area contributed by atoms with E-state index in [4.69, 9.17) is 4.74 Å². The van der Waals surface area contributed by atoms with Crippen LogP contribution in [-0.2, 0) is 17.7 Å². The van der Waals surface area contributed by atoms with Gasteiger partial charge in [-0.2, -0.15) is 0 Å². The number of hydrogen-bond acceptors (Lipinski definition) is 5. The molecule has 2 amide bonds. The molecule has 1 aliphatic heterocycles. The Morgan fingerprint density at radius 2 is 2.21 bits per heavy atom. The monoisotopic (exact) mass is 405 g/mol. The molecule has 9 heteroatoms. The minimum absolute atomic E-state index is 0.0290. The molecule has 0 bridgehead atoms. The summed E-state index contributed by atoms with van der Waals surface area (Å²) in [4.78, 5) is 12.2. The number of aliphatic hydroxyl groups is 1. The van der Waals surface area contributed by atoms with Crippen molar-refractivity contribution in [3.8, 4) is 0 Å². The van der Waals surface area contributed by atoms with Crippen molar-refractivity contribution < 1.29 is 19.0 Å². The molecule has 0 spiro atoms. The number of ether oxygens (including phenoxy) is 1. The van der Waals surface area contributed by atoms with Gasteiger partial charge >= 0.3 is 6.03 Å². The number of benzene rings is 1. The van der Waals surface area contributed by atoms with Gasteiger partial charge in [0, 0.05) is 12.7 Å². The first-order valence-corrected chi connectivity index (χ1v) is 10.1. The van der Waals surface area contributed by atoms with Crippen LogP contribution in [0.5, 0.6) is 0 Å². The van der Waals surface area contributed by atoms with Crippen LogP contribution in [0.25, 0.3) is 0 Å². The molecule has 0 radical (unpaired) electrons. The number of para-hydroxylation sites is 1. The van der Waals surface area contributed by atoms with Gasteiger partial charge in [0.25, 0.3) is 0 Å². The second-order valence-corrected chi connectivity index (χ2v) is 7.25. The van der Waals surface area contributed by atoms with Gasteiger partial charge in [-0.05, 0) is 37.8 Å². The number of rotatable bonds is 8. The van der Waals surface area contributed by atoms with Crippen molar-refractivity contribution in [2.24, 2.45) is 0 Å². The molecule has 2 heterocycles. The van der Waals surface area contributed by atoms with Gasteiger partial charge in [-0.15, -0.1) is 5.10 Å². The summed E-state index contributed by atoms with van der Waals surface area (Å²) in [6, 6.07) is 5.10. The van der Waals surface area contributed by atoms with Gasteiger partial charge in [0.1, 0.15) is 11.9 Å². The molecule has 1 aromatic heterocycles. The zero-order valence-corrected chi connectivity index (χ0v) is 16.6. The summed E-state index contributed by atoms with van der Waals surface area (Å²) in [5.41, 5.74) is 1.09. The Morgan fingerprint density at radius 1 is 1.38 bits per heavy atom. The van der Waals surface area contributed by atoms with Crippen molar-refractivity contribution >= 4 is 11.7 Å². The molecule has 1 fully saturated rings. The first-order valence-electron chi connectivity index (χ1n) is 10.1. The van der Waals surface area contributed by atoms with Crippen molar-refractivity contribution in [3.05, 3.63) is 42.0 Å². The maximum absolute atomic E-state index is 13.7. The fourth-order valence-corrected chi connectivity index (χ4v) is 3.49. The standard InChI is InChI=1S/C20H28FN5O3/c1-2-5-14-12-26(25-24-14)11-10-15-8-9-18(19(13-27)29-15)23-20(28)22-17-7-4-3-6-16(17)21/h3-4,6-7,12,15,18-19,27H,2,5,8-11,13H2,1H3,(H2,22,23,28)/t15-,18+,19-/m0/s1. The molecular weight excluding hydrogens is 377 g/mol. The average Bonchev–Trinajstić information content (AvgIpc) is 3.17. The van der Waals surface area contributed by atoms with E-state index in [0.29, 0.717) is 13.0 Å². The molecule has 1 aliphatic rings. The Hall–Kier alpha value is -2.52. The topological polar surface area (TPSA) is 101 Å². The summed E-state index contributed by atoms with van der Waals surface area (Å²) < 4.78 is 21.5. The number of carbonyl (C=O) groups excluding carboxylic acids is 1. The summed E-state index contributed by atoms with van der Waals surface area (Å²) in [5, 5.41) is 23.2. The van der Waals surface area contributed by atoms with Gasteiger partial charge < -0.3 is 20.5 Å². The molecule has 3 atom stereocenters. The maximum atomic E-state index is 13.7. The van der Waals surface area contributed by atoms with Crippen LogP contribution in [0.4, 0.5) is 14.9 Å². The molecule has 3 N–H and O–H groups in total. The number of aromatic nitrogens is 3. The second-order valence-electron chi connectivity index (χ2n) is 7.25. The highest BCUT2D eigenvalue weighted by Gasteiger charge is 2.32. The molecule has 29 heavy (non-hydrogen) atoms. The fraction of sp³-hybridized carbons (Fsp3) is 0.550. The smallest absolute Gasteiger partial charge is 0.319 e. The number of nitrogens with zero attached hydrogens (tertiary/aromatic N) is 3. The Morgan fingerprint density at radius 3 is 2.97 bits per heavy atom. The van der Waals surface area contributed by atoms with Gasteiger partial charge in [-0.1, -0.05) is 30.7 Å². The number of amides is 2. The lowest BCUT2D eigenvalue weighted by Crippen LogP contribution is -2.52. The summed E-state index contributed by atoms with van der Waals surface area (Å²) in [6.07, 6.45) is 5.52. The van der Waals surface area contributed by atoms with E-state index in [1.54, 1.807) is 12.1 Å². The van der Waals surface area contributed by atoms with Gasteiger partial charge in [0.2, 0.25) is 0 Å². The van der Waals surface area contributed by atoms with E-state index < -0.39 is 18.0 Å². The summed E-state index contributed by atoms with van der Waals surface area (Å²) >= 11 is 0. The number of aliphatic hydroxyl groups excluding tert-OH is 1. The van der Waals surface area contributed by atoms with Gasteiger partial charge in [-0.25, -0.2) is 9.18 Å². The molecule has 3 rings (SSSR count). The van der Waals surface area contributed by atoms with Crippen LogP contribution in [0.3, 0.4) is 0 Å². The molecule has 0 aliphatic carbocycles. The number of halogens is 1. The Balaban J connectivity index is 1.47. The lowest BCUT2D eigenvalue weighted by atomic mass is 9.97. The molecule has 158 valence electrons. The average molecular weight is 405 g/mol. The summed E-state index contributed by atoms with van der Waals surface area (Å²) in [6.45, 7) is 2.58. The van der Waals surface area contributed by atoms with E-state index in [2.05, 4.69) is 27.9 Å². The number of nitrogens with one attached hydrogen (secondary N) is 2.